The molecule has 2 amide bonds. The van der Waals surface area contributed by atoms with Crippen molar-refractivity contribution >= 4 is 38.7 Å². The molecule has 0 bridgehead atoms. The number of hydrogen-bond acceptors (Lipinski definition) is 5. The lowest BCUT2D eigenvalue weighted by molar-refractivity contribution is -0.121. The summed E-state index contributed by atoms with van der Waals surface area (Å²) in [4.78, 5) is 27.5. The predicted molar refractivity (Wildman–Crippen MR) is 101 cm³/mol. The number of nitrogens with zero attached hydrogens (tertiary/aromatic N) is 1. The first kappa shape index (κ1) is 18.6. The van der Waals surface area contributed by atoms with Crippen LogP contribution in [0.25, 0.3) is 0 Å². The molecule has 138 valence electrons. The van der Waals surface area contributed by atoms with Crippen LogP contribution < -0.4 is 5.32 Å². The SMILES string of the molecule is CS(=O)(=O)c1cccc(NC(=O)C2CCN(C(=O)c3cccs3)CC2)c1. The molecule has 0 unspecified atom stereocenters. The maximum atomic E-state index is 12.5. The number of carbonyl (C=O) groups is 2. The number of carbonyl (C=O) groups excluding carboxylic acids is 2. The molecule has 1 N–H and O–H groups in total. The van der Waals surface area contributed by atoms with Gasteiger partial charge in [-0.15, -0.1) is 11.3 Å². The number of amides is 2. The van der Waals surface area contributed by atoms with E-state index in [1.165, 1.54) is 23.5 Å². The van der Waals surface area contributed by atoms with Crippen LogP contribution in [-0.4, -0.2) is 44.5 Å². The molecule has 0 atom stereocenters. The molecule has 0 aliphatic carbocycles. The largest absolute Gasteiger partial charge is 0.338 e. The Morgan fingerprint density at radius 2 is 1.88 bits per heavy atom. The smallest absolute Gasteiger partial charge is 0.263 e. The maximum Gasteiger partial charge on any atom is 0.263 e. The number of rotatable bonds is 4. The Morgan fingerprint density at radius 1 is 1.15 bits per heavy atom. The average Bonchev–Trinajstić information content (AvgIpc) is 3.15. The fourth-order valence-corrected chi connectivity index (χ4v) is 4.31. The molecule has 1 aromatic carbocycles. The average molecular weight is 393 g/mol. The van der Waals surface area contributed by atoms with E-state index < -0.39 is 9.84 Å². The summed E-state index contributed by atoms with van der Waals surface area (Å²) in [6, 6.07) is 9.89. The van der Waals surface area contributed by atoms with Crippen LogP contribution >= 0.6 is 11.3 Å². The van der Waals surface area contributed by atoms with Crippen molar-refractivity contribution in [1.29, 1.82) is 0 Å². The van der Waals surface area contributed by atoms with Crippen molar-refractivity contribution in [2.45, 2.75) is 17.7 Å². The van der Waals surface area contributed by atoms with E-state index in [9.17, 15) is 18.0 Å². The van der Waals surface area contributed by atoms with Gasteiger partial charge in [-0.3, -0.25) is 9.59 Å². The number of likely N-dealkylation sites (tertiary alicyclic amines) is 1. The lowest BCUT2D eigenvalue weighted by Gasteiger charge is -2.31. The minimum Gasteiger partial charge on any atom is -0.338 e. The number of piperidine rings is 1. The quantitative estimate of drug-likeness (QED) is 0.867. The molecule has 1 aliphatic heterocycles. The summed E-state index contributed by atoms with van der Waals surface area (Å²) in [6.07, 6.45) is 2.32. The number of nitrogens with one attached hydrogen (secondary N) is 1. The Kier molecular flexibility index (Phi) is 5.43. The monoisotopic (exact) mass is 392 g/mol. The molecule has 1 aliphatic rings. The number of benzene rings is 1. The summed E-state index contributed by atoms with van der Waals surface area (Å²) in [6.45, 7) is 1.08. The van der Waals surface area contributed by atoms with E-state index in [0.29, 0.717) is 36.5 Å². The van der Waals surface area contributed by atoms with Crippen molar-refractivity contribution in [3.8, 4) is 0 Å². The van der Waals surface area contributed by atoms with E-state index >= 15 is 0 Å². The molecule has 1 fully saturated rings. The predicted octanol–water partition coefficient (Wildman–Crippen LogP) is 2.64. The highest BCUT2D eigenvalue weighted by molar-refractivity contribution is 7.90. The third-order valence-corrected chi connectivity index (χ3v) is 6.38. The summed E-state index contributed by atoms with van der Waals surface area (Å²) in [5, 5.41) is 4.66. The Hall–Kier alpha value is -2.19. The van der Waals surface area contributed by atoms with Gasteiger partial charge >= 0.3 is 0 Å². The van der Waals surface area contributed by atoms with Crippen LogP contribution in [0.5, 0.6) is 0 Å². The minimum absolute atomic E-state index is 0.0136. The van der Waals surface area contributed by atoms with Gasteiger partial charge in [-0.1, -0.05) is 12.1 Å². The molecule has 3 rings (SSSR count). The highest BCUT2D eigenvalue weighted by Crippen LogP contribution is 2.23. The second-order valence-electron chi connectivity index (χ2n) is 6.33. The third-order valence-electron chi connectivity index (χ3n) is 4.41. The summed E-state index contributed by atoms with van der Waals surface area (Å²) < 4.78 is 23.2. The number of thiophene rings is 1. The standard InChI is InChI=1S/C18H20N2O4S2/c1-26(23,24)15-5-2-4-14(12-15)19-17(21)13-7-9-20(10-8-13)18(22)16-6-3-11-25-16/h2-6,11-13H,7-10H2,1H3,(H,19,21). The van der Waals surface area contributed by atoms with E-state index in [1.807, 2.05) is 11.4 Å². The zero-order valence-corrected chi connectivity index (χ0v) is 16.0. The summed E-state index contributed by atoms with van der Waals surface area (Å²) in [5.41, 5.74) is 0.468. The molecule has 0 radical (unpaired) electrons. The van der Waals surface area contributed by atoms with Crippen molar-refractivity contribution < 1.29 is 18.0 Å². The minimum atomic E-state index is -3.32. The molecule has 2 aromatic rings. The first-order valence-electron chi connectivity index (χ1n) is 8.28. The van der Waals surface area contributed by atoms with Crippen LogP contribution in [0, 0.1) is 5.92 Å². The molecule has 2 heterocycles. The second kappa shape index (κ2) is 7.59. The molecule has 8 heteroatoms. The van der Waals surface area contributed by atoms with E-state index in [4.69, 9.17) is 0 Å². The molecule has 0 spiro atoms. The van der Waals surface area contributed by atoms with Gasteiger partial charge in [0.2, 0.25) is 5.91 Å². The summed E-state index contributed by atoms with van der Waals surface area (Å²) in [5.74, 6) is -0.317. The van der Waals surface area contributed by atoms with E-state index in [1.54, 1.807) is 23.1 Å². The zero-order chi connectivity index (χ0) is 18.7. The Morgan fingerprint density at radius 3 is 2.50 bits per heavy atom. The number of sulfone groups is 1. The first-order valence-corrected chi connectivity index (χ1v) is 11.1. The van der Waals surface area contributed by atoms with Gasteiger partial charge in [0.05, 0.1) is 9.77 Å². The van der Waals surface area contributed by atoms with Crippen LogP contribution in [0.1, 0.15) is 22.5 Å². The first-order chi connectivity index (χ1) is 12.3. The van der Waals surface area contributed by atoms with Crippen LogP contribution in [0.2, 0.25) is 0 Å². The molecule has 1 aromatic heterocycles. The van der Waals surface area contributed by atoms with Gasteiger partial charge in [0.15, 0.2) is 9.84 Å². The van der Waals surface area contributed by atoms with Gasteiger partial charge in [0, 0.05) is 31.0 Å². The van der Waals surface area contributed by atoms with E-state index in [2.05, 4.69) is 5.32 Å². The zero-order valence-electron chi connectivity index (χ0n) is 14.3. The van der Waals surface area contributed by atoms with Crippen molar-refractivity contribution in [1.82, 2.24) is 4.90 Å². The Bertz CT molecular complexity index is 899. The molecule has 26 heavy (non-hydrogen) atoms. The maximum absolute atomic E-state index is 12.5. The van der Waals surface area contributed by atoms with Crippen molar-refractivity contribution in [2.75, 3.05) is 24.7 Å². The Labute approximate surface area is 156 Å². The summed E-state index contributed by atoms with van der Waals surface area (Å²) >= 11 is 1.42. The van der Waals surface area contributed by atoms with E-state index in [0.717, 1.165) is 6.26 Å². The van der Waals surface area contributed by atoms with Crippen molar-refractivity contribution in [3.63, 3.8) is 0 Å². The van der Waals surface area contributed by atoms with Crippen molar-refractivity contribution in [3.05, 3.63) is 46.7 Å². The third kappa shape index (κ3) is 4.31. The molecular weight excluding hydrogens is 372 g/mol. The molecule has 0 saturated carbocycles. The normalized spacial score (nSPS) is 15.7. The lowest BCUT2D eigenvalue weighted by atomic mass is 9.95. The van der Waals surface area contributed by atoms with Gasteiger partial charge in [-0.2, -0.15) is 0 Å². The second-order valence-corrected chi connectivity index (χ2v) is 9.30. The van der Waals surface area contributed by atoms with Gasteiger partial charge in [-0.05, 0) is 42.5 Å². The van der Waals surface area contributed by atoms with Crippen LogP contribution in [0.15, 0.2) is 46.7 Å². The molecular formula is C18H20N2O4S2. The van der Waals surface area contributed by atoms with Gasteiger partial charge in [0.25, 0.3) is 5.91 Å². The number of hydrogen-bond donors (Lipinski definition) is 1. The summed E-state index contributed by atoms with van der Waals surface area (Å²) in [7, 11) is -3.32. The van der Waals surface area contributed by atoms with Crippen LogP contribution in [0.3, 0.4) is 0 Å². The fourth-order valence-electron chi connectivity index (χ4n) is 2.95. The topological polar surface area (TPSA) is 83.6 Å². The number of anilines is 1. The van der Waals surface area contributed by atoms with Gasteiger partial charge < -0.3 is 10.2 Å². The Balaban J connectivity index is 1.58. The van der Waals surface area contributed by atoms with E-state index in [-0.39, 0.29) is 22.6 Å². The van der Waals surface area contributed by atoms with Gasteiger partial charge in [-0.25, -0.2) is 8.42 Å². The van der Waals surface area contributed by atoms with Crippen LogP contribution in [0.4, 0.5) is 5.69 Å². The molecule has 1 saturated heterocycles. The molecule has 6 nitrogen and oxygen atoms in total. The highest BCUT2D eigenvalue weighted by atomic mass is 32.2. The van der Waals surface area contributed by atoms with Crippen molar-refractivity contribution in [2.24, 2.45) is 5.92 Å². The highest BCUT2D eigenvalue weighted by Gasteiger charge is 2.28. The fraction of sp³-hybridized carbons (Fsp3) is 0.333. The van der Waals surface area contributed by atoms with Crippen LogP contribution in [-0.2, 0) is 14.6 Å². The lowest BCUT2D eigenvalue weighted by Crippen LogP contribution is -2.41. The van der Waals surface area contributed by atoms with Gasteiger partial charge in [0.1, 0.15) is 0 Å².